The number of nitrogens with one attached hydrogen (secondary N) is 1. The summed E-state index contributed by atoms with van der Waals surface area (Å²) < 4.78 is 0. The molecule has 0 spiro atoms. The van der Waals surface area contributed by atoms with E-state index in [1.807, 2.05) is 0 Å². The van der Waals surface area contributed by atoms with Gasteiger partial charge in [0.25, 0.3) is 0 Å². The lowest BCUT2D eigenvalue weighted by Crippen LogP contribution is -2.58. The first-order valence-electron chi connectivity index (χ1n) is 6.71. The fourth-order valence-electron chi connectivity index (χ4n) is 2.96. The zero-order valence-corrected chi connectivity index (χ0v) is 10.5. The Balaban J connectivity index is 1.95. The molecule has 1 aliphatic heterocycles. The Labute approximate surface area is 94.4 Å². The van der Waals surface area contributed by atoms with Crippen LogP contribution in [0.5, 0.6) is 0 Å². The van der Waals surface area contributed by atoms with Gasteiger partial charge in [0, 0.05) is 31.2 Å². The first-order chi connectivity index (χ1) is 7.22. The SMILES string of the molecule is CCCC(C)N1CC(C)NCC1C1CC1. The predicted molar refractivity (Wildman–Crippen MR) is 65.1 cm³/mol. The van der Waals surface area contributed by atoms with Gasteiger partial charge < -0.3 is 5.32 Å². The van der Waals surface area contributed by atoms with Gasteiger partial charge in [0.1, 0.15) is 0 Å². The summed E-state index contributed by atoms with van der Waals surface area (Å²) in [4.78, 5) is 2.78. The van der Waals surface area contributed by atoms with Gasteiger partial charge in [-0.3, -0.25) is 4.90 Å². The number of hydrogen-bond donors (Lipinski definition) is 1. The number of hydrogen-bond acceptors (Lipinski definition) is 2. The van der Waals surface area contributed by atoms with Crippen LogP contribution in [0.15, 0.2) is 0 Å². The highest BCUT2D eigenvalue weighted by Gasteiger charge is 2.39. The highest BCUT2D eigenvalue weighted by molar-refractivity contribution is 4.95. The Morgan fingerprint density at radius 2 is 2.13 bits per heavy atom. The van der Waals surface area contributed by atoms with Crippen molar-refractivity contribution in [3.63, 3.8) is 0 Å². The lowest BCUT2D eigenvalue weighted by atomic mass is 10.0. The second-order valence-electron chi connectivity index (χ2n) is 5.55. The van der Waals surface area contributed by atoms with Crippen LogP contribution in [0, 0.1) is 5.92 Å². The van der Waals surface area contributed by atoms with Crippen molar-refractivity contribution in [2.24, 2.45) is 5.92 Å². The van der Waals surface area contributed by atoms with Crippen LogP contribution in [-0.2, 0) is 0 Å². The van der Waals surface area contributed by atoms with Crippen LogP contribution in [-0.4, -0.2) is 36.1 Å². The quantitative estimate of drug-likeness (QED) is 0.765. The van der Waals surface area contributed by atoms with E-state index in [2.05, 4.69) is 31.0 Å². The van der Waals surface area contributed by atoms with E-state index in [1.165, 1.54) is 38.8 Å². The van der Waals surface area contributed by atoms with Crippen molar-refractivity contribution in [1.29, 1.82) is 0 Å². The third-order valence-electron chi connectivity index (χ3n) is 4.02. The Hall–Kier alpha value is -0.0800. The molecule has 2 aliphatic rings. The molecule has 1 saturated carbocycles. The van der Waals surface area contributed by atoms with E-state index in [0.717, 1.165) is 18.0 Å². The van der Waals surface area contributed by atoms with Crippen LogP contribution >= 0.6 is 0 Å². The van der Waals surface area contributed by atoms with E-state index >= 15 is 0 Å². The number of nitrogens with zero attached hydrogens (tertiary/aromatic N) is 1. The summed E-state index contributed by atoms with van der Waals surface area (Å²) in [6.07, 6.45) is 5.61. The molecule has 3 unspecified atom stereocenters. The van der Waals surface area contributed by atoms with E-state index in [4.69, 9.17) is 0 Å². The third-order valence-corrected chi connectivity index (χ3v) is 4.02. The number of rotatable bonds is 4. The molecule has 88 valence electrons. The van der Waals surface area contributed by atoms with Crippen LogP contribution < -0.4 is 5.32 Å². The van der Waals surface area contributed by atoms with Gasteiger partial charge in [0.05, 0.1) is 0 Å². The fraction of sp³-hybridized carbons (Fsp3) is 1.00. The van der Waals surface area contributed by atoms with Crippen molar-refractivity contribution >= 4 is 0 Å². The van der Waals surface area contributed by atoms with Crippen molar-refractivity contribution in [2.45, 2.75) is 64.6 Å². The van der Waals surface area contributed by atoms with Gasteiger partial charge in [-0.25, -0.2) is 0 Å². The van der Waals surface area contributed by atoms with Gasteiger partial charge >= 0.3 is 0 Å². The molecule has 1 heterocycles. The lowest BCUT2D eigenvalue weighted by Gasteiger charge is -2.43. The molecular formula is C13H26N2. The first kappa shape index (κ1) is 11.4. The Morgan fingerprint density at radius 1 is 1.40 bits per heavy atom. The van der Waals surface area contributed by atoms with Gasteiger partial charge in [-0.2, -0.15) is 0 Å². The van der Waals surface area contributed by atoms with Crippen LogP contribution in [0.3, 0.4) is 0 Å². The van der Waals surface area contributed by atoms with E-state index in [1.54, 1.807) is 0 Å². The first-order valence-corrected chi connectivity index (χ1v) is 6.71. The van der Waals surface area contributed by atoms with Crippen LogP contribution in [0.1, 0.15) is 46.5 Å². The molecular weight excluding hydrogens is 184 g/mol. The highest BCUT2D eigenvalue weighted by Crippen LogP contribution is 2.37. The van der Waals surface area contributed by atoms with Crippen molar-refractivity contribution < 1.29 is 0 Å². The summed E-state index contributed by atoms with van der Waals surface area (Å²) in [5.74, 6) is 1.00. The molecule has 0 radical (unpaired) electrons. The third kappa shape index (κ3) is 2.73. The number of piperazine rings is 1. The Morgan fingerprint density at radius 3 is 2.73 bits per heavy atom. The molecule has 0 aromatic rings. The topological polar surface area (TPSA) is 15.3 Å². The summed E-state index contributed by atoms with van der Waals surface area (Å²) in [7, 11) is 0. The van der Waals surface area contributed by atoms with Crippen LogP contribution in [0.2, 0.25) is 0 Å². The minimum Gasteiger partial charge on any atom is -0.311 e. The second-order valence-corrected chi connectivity index (χ2v) is 5.55. The zero-order chi connectivity index (χ0) is 10.8. The van der Waals surface area contributed by atoms with E-state index in [-0.39, 0.29) is 0 Å². The van der Waals surface area contributed by atoms with Gasteiger partial charge in [-0.1, -0.05) is 13.3 Å². The predicted octanol–water partition coefficient (Wildman–Crippen LogP) is 2.25. The molecule has 2 nitrogen and oxygen atoms in total. The minimum atomic E-state index is 0.680. The molecule has 2 heteroatoms. The summed E-state index contributed by atoms with van der Waals surface area (Å²) in [5.41, 5.74) is 0. The van der Waals surface area contributed by atoms with Crippen LogP contribution in [0.25, 0.3) is 0 Å². The summed E-state index contributed by atoms with van der Waals surface area (Å²) >= 11 is 0. The maximum absolute atomic E-state index is 3.64. The van der Waals surface area contributed by atoms with Crippen LogP contribution in [0.4, 0.5) is 0 Å². The maximum atomic E-state index is 3.64. The normalized spacial score (nSPS) is 35.4. The van der Waals surface area contributed by atoms with Gasteiger partial charge in [-0.05, 0) is 39.0 Å². The summed E-state index contributed by atoms with van der Waals surface area (Å²) in [6, 6.07) is 2.30. The zero-order valence-electron chi connectivity index (χ0n) is 10.5. The molecule has 1 N–H and O–H groups in total. The average molecular weight is 210 g/mol. The molecule has 1 aliphatic carbocycles. The molecule has 15 heavy (non-hydrogen) atoms. The molecule has 2 fully saturated rings. The second kappa shape index (κ2) is 4.84. The van der Waals surface area contributed by atoms with Gasteiger partial charge in [0.2, 0.25) is 0 Å². The molecule has 3 atom stereocenters. The smallest absolute Gasteiger partial charge is 0.0252 e. The monoisotopic (exact) mass is 210 g/mol. The van der Waals surface area contributed by atoms with E-state index in [0.29, 0.717) is 6.04 Å². The Bertz CT molecular complexity index is 201. The maximum Gasteiger partial charge on any atom is 0.0252 e. The van der Waals surface area contributed by atoms with Gasteiger partial charge in [0.15, 0.2) is 0 Å². The average Bonchev–Trinajstić information content (AvgIpc) is 3.01. The lowest BCUT2D eigenvalue weighted by molar-refractivity contribution is 0.0758. The van der Waals surface area contributed by atoms with Crippen molar-refractivity contribution in [1.82, 2.24) is 10.2 Å². The summed E-state index contributed by atoms with van der Waals surface area (Å²) in [6.45, 7) is 9.50. The largest absolute Gasteiger partial charge is 0.311 e. The van der Waals surface area contributed by atoms with Gasteiger partial charge in [-0.15, -0.1) is 0 Å². The summed E-state index contributed by atoms with van der Waals surface area (Å²) in [5, 5.41) is 3.64. The van der Waals surface area contributed by atoms with Crippen molar-refractivity contribution in [3.05, 3.63) is 0 Å². The molecule has 0 amide bonds. The molecule has 0 aromatic heterocycles. The molecule has 1 saturated heterocycles. The molecule has 2 rings (SSSR count). The highest BCUT2D eigenvalue weighted by atomic mass is 15.3. The standard InChI is InChI=1S/C13H26N2/c1-4-5-11(3)15-9-10(2)14-8-13(15)12-6-7-12/h10-14H,4-9H2,1-3H3. The molecule has 0 bridgehead atoms. The minimum absolute atomic E-state index is 0.680. The molecule has 0 aromatic carbocycles. The van der Waals surface area contributed by atoms with E-state index in [9.17, 15) is 0 Å². The Kier molecular flexibility index (Phi) is 3.68. The van der Waals surface area contributed by atoms with Crippen molar-refractivity contribution in [2.75, 3.05) is 13.1 Å². The van der Waals surface area contributed by atoms with E-state index < -0.39 is 0 Å². The fourth-order valence-corrected chi connectivity index (χ4v) is 2.96. The van der Waals surface area contributed by atoms with Crippen molar-refractivity contribution in [3.8, 4) is 0 Å².